The van der Waals surface area contributed by atoms with Gasteiger partial charge in [-0.3, -0.25) is 14.5 Å². The number of pyridine rings is 1. The Morgan fingerprint density at radius 1 is 0.900 bits per heavy atom. The molecule has 0 aliphatic carbocycles. The minimum atomic E-state index is -2.83. The Hall–Kier alpha value is -4.01. The van der Waals surface area contributed by atoms with E-state index in [1.54, 1.807) is 42.7 Å². The number of rotatable bonds is 9. The van der Waals surface area contributed by atoms with E-state index in [1.807, 2.05) is 4.90 Å². The number of halogens is 2. The summed E-state index contributed by atoms with van der Waals surface area (Å²) in [6, 6.07) is 8.69. The standard InChI is InChI=1S/C26H29F2N9O3/c27-22(28)23-31-20-3-1-2-4-21(20)37(23)26-33-24(32-25(34-26)36-8-12-39-13-9-36)30-18-15-19(17-29-16-18)40-14-7-35-5-10-38-11-6-35/h1-4,15-17,22H,5-14H2,(H,30,32,33,34). The third-order valence-electron chi connectivity index (χ3n) is 6.64. The number of nitrogens with one attached hydrogen (secondary N) is 1. The fraction of sp³-hybridized carbons (Fsp3) is 0.423. The predicted molar refractivity (Wildman–Crippen MR) is 143 cm³/mol. The molecule has 0 radical (unpaired) electrons. The number of anilines is 3. The van der Waals surface area contributed by atoms with Crippen molar-refractivity contribution in [1.29, 1.82) is 0 Å². The monoisotopic (exact) mass is 553 g/mol. The number of hydrogen-bond donors (Lipinski definition) is 1. The van der Waals surface area contributed by atoms with Crippen LogP contribution in [0.15, 0.2) is 42.7 Å². The second kappa shape index (κ2) is 12.0. The van der Waals surface area contributed by atoms with Gasteiger partial charge in [-0.15, -0.1) is 0 Å². The maximum absolute atomic E-state index is 14.1. The van der Waals surface area contributed by atoms with E-state index >= 15 is 0 Å². The van der Waals surface area contributed by atoms with Crippen LogP contribution in [0.25, 0.3) is 17.0 Å². The van der Waals surface area contributed by atoms with Crippen molar-refractivity contribution in [3.63, 3.8) is 0 Å². The minimum Gasteiger partial charge on any atom is -0.491 e. The summed E-state index contributed by atoms with van der Waals surface area (Å²) in [4.78, 5) is 26.3. The van der Waals surface area contributed by atoms with Crippen molar-refractivity contribution in [3.05, 3.63) is 48.5 Å². The lowest BCUT2D eigenvalue weighted by Crippen LogP contribution is -2.38. The first kappa shape index (κ1) is 26.2. The first-order valence-electron chi connectivity index (χ1n) is 13.1. The average molecular weight is 554 g/mol. The topological polar surface area (TPSA) is 116 Å². The maximum Gasteiger partial charge on any atom is 0.296 e. The van der Waals surface area contributed by atoms with Crippen molar-refractivity contribution in [2.45, 2.75) is 6.43 Å². The normalized spacial score (nSPS) is 16.5. The number of nitrogens with zero attached hydrogens (tertiary/aromatic N) is 8. The van der Waals surface area contributed by atoms with Gasteiger partial charge in [0, 0.05) is 38.8 Å². The molecule has 0 amide bonds. The molecule has 40 heavy (non-hydrogen) atoms. The molecule has 2 aliphatic heterocycles. The second-order valence-corrected chi connectivity index (χ2v) is 9.29. The summed E-state index contributed by atoms with van der Waals surface area (Å²) in [6.07, 6.45) is 0.418. The molecule has 14 heteroatoms. The largest absolute Gasteiger partial charge is 0.491 e. The van der Waals surface area contributed by atoms with Crippen LogP contribution in [0.1, 0.15) is 12.2 Å². The van der Waals surface area contributed by atoms with Gasteiger partial charge in [0.2, 0.25) is 17.8 Å². The quantitative estimate of drug-likeness (QED) is 0.330. The number of alkyl halides is 2. The lowest BCUT2D eigenvalue weighted by molar-refractivity contribution is 0.0322. The Morgan fingerprint density at radius 2 is 1.65 bits per heavy atom. The zero-order valence-electron chi connectivity index (χ0n) is 21.7. The summed E-state index contributed by atoms with van der Waals surface area (Å²) in [5.41, 5.74) is 1.48. The van der Waals surface area contributed by atoms with E-state index < -0.39 is 12.2 Å². The summed E-state index contributed by atoms with van der Waals surface area (Å²) >= 11 is 0. The number of hydrogen-bond acceptors (Lipinski definition) is 11. The van der Waals surface area contributed by atoms with Crippen molar-refractivity contribution in [2.75, 3.05) is 76.0 Å². The van der Waals surface area contributed by atoms with Gasteiger partial charge in [0.15, 0.2) is 5.82 Å². The molecular weight excluding hydrogens is 524 g/mol. The molecule has 5 heterocycles. The summed E-state index contributed by atoms with van der Waals surface area (Å²) in [5.74, 6) is 0.704. The van der Waals surface area contributed by atoms with Crippen LogP contribution in [0.3, 0.4) is 0 Å². The second-order valence-electron chi connectivity index (χ2n) is 9.29. The molecule has 1 aromatic carbocycles. The molecule has 0 saturated carbocycles. The van der Waals surface area contributed by atoms with Crippen LogP contribution in [0.4, 0.5) is 26.4 Å². The number of imidazole rings is 1. The number of aromatic nitrogens is 6. The van der Waals surface area contributed by atoms with Crippen molar-refractivity contribution >= 4 is 28.6 Å². The highest BCUT2D eigenvalue weighted by molar-refractivity contribution is 5.77. The molecule has 2 fully saturated rings. The van der Waals surface area contributed by atoms with Gasteiger partial charge in [-0.1, -0.05) is 12.1 Å². The highest BCUT2D eigenvalue weighted by Crippen LogP contribution is 2.28. The smallest absolute Gasteiger partial charge is 0.296 e. The van der Waals surface area contributed by atoms with Crippen LogP contribution in [0.2, 0.25) is 0 Å². The number of benzene rings is 1. The molecule has 2 saturated heterocycles. The number of ether oxygens (including phenoxy) is 3. The van der Waals surface area contributed by atoms with E-state index in [9.17, 15) is 8.78 Å². The van der Waals surface area contributed by atoms with Crippen molar-refractivity contribution in [3.8, 4) is 11.7 Å². The van der Waals surface area contributed by atoms with Crippen LogP contribution in [0.5, 0.6) is 5.75 Å². The molecule has 1 N–H and O–H groups in total. The van der Waals surface area contributed by atoms with Gasteiger partial charge in [0.05, 0.1) is 55.5 Å². The molecule has 2 aliphatic rings. The minimum absolute atomic E-state index is 0.0360. The maximum atomic E-state index is 14.1. The van der Waals surface area contributed by atoms with Crippen LogP contribution in [-0.2, 0) is 9.47 Å². The fourth-order valence-corrected chi connectivity index (χ4v) is 4.63. The molecule has 0 spiro atoms. The summed E-state index contributed by atoms with van der Waals surface area (Å²) in [7, 11) is 0. The lowest BCUT2D eigenvalue weighted by Gasteiger charge is -2.27. The van der Waals surface area contributed by atoms with Crippen LogP contribution >= 0.6 is 0 Å². The Labute approximate surface area is 228 Å². The highest BCUT2D eigenvalue weighted by atomic mass is 19.3. The molecule has 0 bridgehead atoms. The Kier molecular flexibility index (Phi) is 7.88. The zero-order chi connectivity index (χ0) is 27.3. The molecule has 0 unspecified atom stereocenters. The molecule has 0 atom stereocenters. The Balaban J connectivity index is 1.29. The Morgan fingerprint density at radius 3 is 2.45 bits per heavy atom. The van der Waals surface area contributed by atoms with E-state index in [4.69, 9.17) is 14.2 Å². The van der Waals surface area contributed by atoms with E-state index in [0.717, 1.165) is 32.8 Å². The van der Waals surface area contributed by atoms with Crippen LogP contribution in [0, 0.1) is 0 Å². The van der Waals surface area contributed by atoms with Gasteiger partial charge in [0.25, 0.3) is 6.43 Å². The van der Waals surface area contributed by atoms with Gasteiger partial charge in [-0.25, -0.2) is 13.8 Å². The van der Waals surface area contributed by atoms with Gasteiger partial charge in [0.1, 0.15) is 12.4 Å². The van der Waals surface area contributed by atoms with Crippen molar-refractivity contribution in [1.82, 2.24) is 34.4 Å². The summed E-state index contributed by atoms with van der Waals surface area (Å²) < 4.78 is 46.2. The Bertz CT molecular complexity index is 1440. The number of fused-ring (bicyclic) bond motifs is 1. The van der Waals surface area contributed by atoms with Gasteiger partial charge in [-0.05, 0) is 12.1 Å². The third kappa shape index (κ3) is 5.93. The predicted octanol–water partition coefficient (Wildman–Crippen LogP) is 2.83. The van der Waals surface area contributed by atoms with Gasteiger partial charge < -0.3 is 24.4 Å². The van der Waals surface area contributed by atoms with Crippen molar-refractivity contribution in [2.24, 2.45) is 0 Å². The molecule has 3 aromatic heterocycles. The van der Waals surface area contributed by atoms with E-state index in [2.05, 4.69) is 35.1 Å². The van der Waals surface area contributed by atoms with Crippen molar-refractivity contribution < 1.29 is 23.0 Å². The fourth-order valence-electron chi connectivity index (χ4n) is 4.63. The molecule has 12 nitrogen and oxygen atoms in total. The molecule has 4 aromatic rings. The van der Waals surface area contributed by atoms with E-state index in [-0.39, 0.29) is 11.9 Å². The third-order valence-corrected chi connectivity index (χ3v) is 6.64. The molecule has 6 rings (SSSR count). The first-order chi connectivity index (χ1) is 19.6. The van der Waals surface area contributed by atoms with E-state index in [1.165, 1.54) is 4.57 Å². The van der Waals surface area contributed by atoms with Crippen LogP contribution < -0.4 is 15.0 Å². The molecule has 210 valence electrons. The molecular formula is C26H29F2N9O3. The van der Waals surface area contributed by atoms with Gasteiger partial charge >= 0.3 is 0 Å². The van der Waals surface area contributed by atoms with Gasteiger partial charge in [-0.2, -0.15) is 15.0 Å². The van der Waals surface area contributed by atoms with Crippen LogP contribution in [-0.4, -0.2) is 100 Å². The number of para-hydroxylation sites is 2. The highest BCUT2D eigenvalue weighted by Gasteiger charge is 2.24. The SMILES string of the molecule is FC(F)c1nc2ccccc2n1-c1nc(Nc2cncc(OCCN3CCOCC3)c2)nc(N2CCOCC2)n1. The lowest BCUT2D eigenvalue weighted by atomic mass is 10.3. The number of morpholine rings is 2. The zero-order valence-corrected chi connectivity index (χ0v) is 21.7. The summed E-state index contributed by atoms with van der Waals surface area (Å²) in [5, 5.41) is 3.15. The average Bonchev–Trinajstić information content (AvgIpc) is 3.39. The summed E-state index contributed by atoms with van der Waals surface area (Å²) in [6.45, 7) is 6.66. The van der Waals surface area contributed by atoms with E-state index in [0.29, 0.717) is 61.3 Å². The first-order valence-corrected chi connectivity index (χ1v) is 13.1.